The highest BCUT2D eigenvalue weighted by atomic mass is 16.1. The van der Waals surface area contributed by atoms with E-state index in [-0.39, 0.29) is 17.7 Å². The lowest BCUT2D eigenvalue weighted by molar-refractivity contribution is -0.120. The fourth-order valence-electron chi connectivity index (χ4n) is 2.11. The molecule has 19 heavy (non-hydrogen) atoms. The zero-order valence-electron chi connectivity index (χ0n) is 11.3. The van der Waals surface area contributed by atoms with Crippen molar-refractivity contribution < 1.29 is 4.79 Å². The summed E-state index contributed by atoms with van der Waals surface area (Å²) in [7, 11) is 0. The Morgan fingerprint density at radius 3 is 2.74 bits per heavy atom. The molecule has 4 heteroatoms. The number of nitrogens with zero attached hydrogens (tertiary/aromatic N) is 1. The van der Waals surface area contributed by atoms with Crippen LogP contribution < -0.4 is 11.1 Å². The number of nitrogens with two attached hydrogens (primary N) is 1. The monoisotopic (exact) mass is 257 g/mol. The van der Waals surface area contributed by atoms with Crippen molar-refractivity contribution in [1.82, 2.24) is 4.98 Å². The van der Waals surface area contributed by atoms with E-state index in [1.807, 2.05) is 44.2 Å². The van der Waals surface area contributed by atoms with Crippen molar-refractivity contribution >= 4 is 22.5 Å². The topological polar surface area (TPSA) is 68.0 Å². The number of rotatable bonds is 4. The van der Waals surface area contributed by atoms with Crippen LogP contribution in [-0.4, -0.2) is 17.4 Å². The number of benzene rings is 1. The second-order valence-electron chi connectivity index (χ2n) is 4.96. The Bertz CT molecular complexity index is 575. The Morgan fingerprint density at radius 1 is 1.32 bits per heavy atom. The van der Waals surface area contributed by atoms with Crippen molar-refractivity contribution in [2.24, 2.45) is 17.6 Å². The number of anilines is 1. The van der Waals surface area contributed by atoms with Crippen LogP contribution in [0.5, 0.6) is 0 Å². The summed E-state index contributed by atoms with van der Waals surface area (Å²) in [5, 5.41) is 3.94. The number of fused-ring (bicyclic) bond motifs is 1. The van der Waals surface area contributed by atoms with E-state index in [2.05, 4.69) is 10.3 Å². The summed E-state index contributed by atoms with van der Waals surface area (Å²) < 4.78 is 0. The molecule has 0 aliphatic carbocycles. The molecule has 0 saturated heterocycles. The summed E-state index contributed by atoms with van der Waals surface area (Å²) in [6, 6.07) is 9.60. The zero-order chi connectivity index (χ0) is 13.8. The van der Waals surface area contributed by atoms with Crippen molar-refractivity contribution in [2.45, 2.75) is 13.8 Å². The number of nitrogens with one attached hydrogen (secondary N) is 1. The molecule has 1 atom stereocenters. The molecule has 4 nitrogen and oxygen atoms in total. The lowest BCUT2D eigenvalue weighted by Gasteiger charge is -2.18. The van der Waals surface area contributed by atoms with Crippen LogP contribution in [0.2, 0.25) is 0 Å². The summed E-state index contributed by atoms with van der Waals surface area (Å²) in [6.45, 7) is 4.35. The molecular weight excluding hydrogens is 238 g/mol. The highest BCUT2D eigenvalue weighted by Crippen LogP contribution is 2.22. The SMILES string of the molecule is CC(C)C(CN)C(=O)Nc1cccc2cccnc12. The largest absolute Gasteiger partial charge is 0.330 e. The molecule has 0 fully saturated rings. The maximum atomic E-state index is 12.2. The third-order valence-corrected chi connectivity index (χ3v) is 3.29. The Morgan fingerprint density at radius 2 is 2.05 bits per heavy atom. The van der Waals surface area contributed by atoms with E-state index in [1.165, 1.54) is 0 Å². The van der Waals surface area contributed by atoms with Crippen LogP contribution in [-0.2, 0) is 4.79 Å². The molecule has 2 aromatic rings. The maximum Gasteiger partial charge on any atom is 0.229 e. The molecule has 0 radical (unpaired) electrons. The van der Waals surface area contributed by atoms with E-state index in [1.54, 1.807) is 6.20 Å². The second kappa shape index (κ2) is 5.80. The van der Waals surface area contributed by atoms with E-state index in [4.69, 9.17) is 5.73 Å². The van der Waals surface area contributed by atoms with Crippen molar-refractivity contribution in [3.63, 3.8) is 0 Å². The maximum absolute atomic E-state index is 12.2. The van der Waals surface area contributed by atoms with Gasteiger partial charge in [0.25, 0.3) is 0 Å². The van der Waals surface area contributed by atoms with Gasteiger partial charge in [0.1, 0.15) is 0 Å². The van der Waals surface area contributed by atoms with Crippen molar-refractivity contribution in [3.8, 4) is 0 Å². The number of hydrogen-bond donors (Lipinski definition) is 2. The molecule has 1 aromatic carbocycles. The first kappa shape index (κ1) is 13.5. The van der Waals surface area contributed by atoms with Crippen LogP contribution in [0.25, 0.3) is 10.9 Å². The van der Waals surface area contributed by atoms with Crippen molar-refractivity contribution in [2.75, 3.05) is 11.9 Å². The summed E-state index contributed by atoms with van der Waals surface area (Å²) in [5.41, 5.74) is 7.21. The predicted octanol–water partition coefficient (Wildman–Crippen LogP) is 2.40. The van der Waals surface area contributed by atoms with E-state index >= 15 is 0 Å². The lowest BCUT2D eigenvalue weighted by Crippen LogP contribution is -2.33. The summed E-state index contributed by atoms with van der Waals surface area (Å²) in [4.78, 5) is 16.5. The third-order valence-electron chi connectivity index (χ3n) is 3.29. The molecule has 0 saturated carbocycles. The molecular formula is C15H19N3O. The average molecular weight is 257 g/mol. The minimum Gasteiger partial charge on any atom is -0.330 e. The summed E-state index contributed by atoms with van der Waals surface area (Å²) in [6.07, 6.45) is 1.72. The molecule has 100 valence electrons. The first-order valence-electron chi connectivity index (χ1n) is 6.48. The number of carbonyl (C=O) groups excluding carboxylic acids is 1. The Labute approximate surface area is 113 Å². The molecule has 1 heterocycles. The number of carbonyl (C=O) groups is 1. The number of para-hydroxylation sites is 1. The molecule has 0 bridgehead atoms. The van der Waals surface area contributed by atoms with Crippen LogP contribution in [0, 0.1) is 11.8 Å². The van der Waals surface area contributed by atoms with Crippen LogP contribution in [0.1, 0.15) is 13.8 Å². The average Bonchev–Trinajstić information content (AvgIpc) is 2.39. The number of hydrogen-bond acceptors (Lipinski definition) is 3. The molecule has 3 N–H and O–H groups in total. The second-order valence-corrected chi connectivity index (χ2v) is 4.96. The normalized spacial score (nSPS) is 12.6. The molecule has 1 aromatic heterocycles. The fraction of sp³-hybridized carbons (Fsp3) is 0.333. The number of pyridine rings is 1. The lowest BCUT2D eigenvalue weighted by atomic mass is 9.95. The van der Waals surface area contributed by atoms with Gasteiger partial charge in [-0.15, -0.1) is 0 Å². The molecule has 0 aliphatic heterocycles. The molecule has 0 aliphatic rings. The fourth-order valence-corrected chi connectivity index (χ4v) is 2.11. The van der Waals surface area contributed by atoms with Gasteiger partial charge >= 0.3 is 0 Å². The van der Waals surface area contributed by atoms with E-state index < -0.39 is 0 Å². The predicted molar refractivity (Wildman–Crippen MR) is 77.8 cm³/mol. The van der Waals surface area contributed by atoms with Gasteiger partial charge in [-0.2, -0.15) is 0 Å². The molecule has 2 rings (SSSR count). The Hall–Kier alpha value is -1.94. The zero-order valence-corrected chi connectivity index (χ0v) is 11.3. The first-order chi connectivity index (χ1) is 9.13. The van der Waals surface area contributed by atoms with Gasteiger partial charge in [-0.25, -0.2) is 0 Å². The molecule has 0 spiro atoms. The highest BCUT2D eigenvalue weighted by molar-refractivity contribution is 6.01. The van der Waals surface area contributed by atoms with E-state index in [0.717, 1.165) is 16.6 Å². The smallest absolute Gasteiger partial charge is 0.229 e. The summed E-state index contributed by atoms with van der Waals surface area (Å²) in [5.74, 6) is -0.0115. The van der Waals surface area contributed by atoms with Crippen molar-refractivity contribution in [3.05, 3.63) is 36.5 Å². The Balaban J connectivity index is 2.29. The first-order valence-corrected chi connectivity index (χ1v) is 6.48. The quantitative estimate of drug-likeness (QED) is 0.883. The Kier molecular flexibility index (Phi) is 4.12. The van der Waals surface area contributed by atoms with E-state index in [0.29, 0.717) is 6.54 Å². The van der Waals surface area contributed by atoms with Crippen LogP contribution in [0.15, 0.2) is 36.5 Å². The van der Waals surface area contributed by atoms with Gasteiger partial charge in [-0.05, 0) is 18.1 Å². The number of aromatic nitrogens is 1. The van der Waals surface area contributed by atoms with Gasteiger partial charge in [0.15, 0.2) is 0 Å². The molecule has 1 unspecified atom stereocenters. The van der Waals surface area contributed by atoms with E-state index in [9.17, 15) is 4.79 Å². The van der Waals surface area contributed by atoms with Gasteiger partial charge < -0.3 is 11.1 Å². The highest BCUT2D eigenvalue weighted by Gasteiger charge is 2.21. The minimum absolute atomic E-state index is 0.0457. The standard InChI is InChI=1S/C15H19N3O/c1-10(2)12(9-16)15(19)18-13-7-3-5-11-6-4-8-17-14(11)13/h3-8,10,12H,9,16H2,1-2H3,(H,18,19). The van der Waals surface area contributed by atoms with Gasteiger partial charge in [-0.1, -0.05) is 32.0 Å². The van der Waals surface area contributed by atoms with Crippen LogP contribution >= 0.6 is 0 Å². The van der Waals surface area contributed by atoms with Crippen LogP contribution in [0.4, 0.5) is 5.69 Å². The van der Waals surface area contributed by atoms with Gasteiger partial charge in [0, 0.05) is 18.1 Å². The summed E-state index contributed by atoms with van der Waals surface area (Å²) >= 11 is 0. The molecule has 1 amide bonds. The minimum atomic E-state index is -0.182. The van der Waals surface area contributed by atoms with Crippen LogP contribution in [0.3, 0.4) is 0 Å². The van der Waals surface area contributed by atoms with Gasteiger partial charge in [-0.3, -0.25) is 9.78 Å². The van der Waals surface area contributed by atoms with Gasteiger partial charge in [0.2, 0.25) is 5.91 Å². The van der Waals surface area contributed by atoms with Gasteiger partial charge in [0.05, 0.1) is 17.1 Å². The number of amides is 1. The third kappa shape index (κ3) is 2.90. The van der Waals surface area contributed by atoms with Crippen molar-refractivity contribution in [1.29, 1.82) is 0 Å².